The van der Waals surface area contributed by atoms with Gasteiger partial charge in [-0.3, -0.25) is 0 Å². The van der Waals surface area contributed by atoms with Crippen LogP contribution in [0.5, 0.6) is 0 Å². The third kappa shape index (κ3) is 4.10. The summed E-state index contributed by atoms with van der Waals surface area (Å²) in [6.45, 7) is 6.48. The molecule has 0 saturated carbocycles. The van der Waals surface area contributed by atoms with Gasteiger partial charge < -0.3 is 0 Å². The van der Waals surface area contributed by atoms with Crippen LogP contribution in [0.2, 0.25) is 0 Å². The van der Waals surface area contributed by atoms with Crippen molar-refractivity contribution in [2.24, 2.45) is 16.0 Å². The molecule has 24 heavy (non-hydrogen) atoms. The molecule has 0 unspecified atom stereocenters. The molecule has 124 valence electrons. The van der Waals surface area contributed by atoms with Gasteiger partial charge in [0.25, 0.3) is 0 Å². The van der Waals surface area contributed by atoms with Crippen molar-refractivity contribution in [3.05, 3.63) is 57.5 Å². The Morgan fingerprint density at radius 1 is 1.12 bits per heavy atom. The van der Waals surface area contributed by atoms with E-state index in [1.165, 1.54) is 10.4 Å². The highest BCUT2D eigenvalue weighted by atomic mass is 32.1. The van der Waals surface area contributed by atoms with Crippen molar-refractivity contribution in [2.75, 3.05) is 0 Å². The first kappa shape index (κ1) is 16.9. The van der Waals surface area contributed by atoms with Gasteiger partial charge in [0.1, 0.15) is 0 Å². The molecule has 0 aliphatic rings. The van der Waals surface area contributed by atoms with Crippen molar-refractivity contribution < 1.29 is 0 Å². The minimum atomic E-state index is 0.593. The Kier molecular flexibility index (Phi) is 5.43. The van der Waals surface area contributed by atoms with Crippen LogP contribution < -0.4 is 4.80 Å². The minimum Gasteiger partial charge on any atom is -0.220 e. The number of benzene rings is 1. The summed E-state index contributed by atoms with van der Waals surface area (Å²) < 4.78 is 1.96. The maximum Gasteiger partial charge on any atom is 0.211 e. The van der Waals surface area contributed by atoms with E-state index in [9.17, 15) is 0 Å². The van der Waals surface area contributed by atoms with Crippen molar-refractivity contribution in [3.8, 4) is 10.6 Å². The first-order chi connectivity index (χ1) is 11.6. The number of aromatic nitrogens is 1. The van der Waals surface area contributed by atoms with E-state index in [0.29, 0.717) is 5.92 Å². The van der Waals surface area contributed by atoms with Crippen LogP contribution in [0.3, 0.4) is 0 Å². The van der Waals surface area contributed by atoms with E-state index in [1.54, 1.807) is 22.7 Å². The van der Waals surface area contributed by atoms with Crippen LogP contribution in [-0.4, -0.2) is 10.9 Å². The quantitative estimate of drug-likeness (QED) is 0.526. The van der Waals surface area contributed by atoms with E-state index >= 15 is 0 Å². The summed E-state index contributed by atoms with van der Waals surface area (Å²) in [6, 6.07) is 12.4. The van der Waals surface area contributed by atoms with Gasteiger partial charge in [-0.05, 0) is 42.8 Å². The van der Waals surface area contributed by atoms with E-state index in [4.69, 9.17) is 10.1 Å². The zero-order valence-electron chi connectivity index (χ0n) is 14.1. The molecule has 3 nitrogen and oxygen atoms in total. The minimum absolute atomic E-state index is 0.593. The maximum atomic E-state index is 4.78. The summed E-state index contributed by atoms with van der Waals surface area (Å²) in [5.41, 5.74) is 3.29. The third-order valence-corrected chi connectivity index (χ3v) is 5.20. The van der Waals surface area contributed by atoms with Gasteiger partial charge in [0.2, 0.25) is 4.80 Å². The SMILES string of the molecule is Cc1ccc(N=c2scc(-c3cccs3)n2N=CCC(C)C)cc1. The smallest absolute Gasteiger partial charge is 0.211 e. The topological polar surface area (TPSA) is 29.6 Å². The number of aryl methyl sites for hydroxylation is 1. The van der Waals surface area contributed by atoms with Crippen LogP contribution in [0.1, 0.15) is 25.8 Å². The number of hydrogen-bond acceptors (Lipinski definition) is 4. The summed E-state index contributed by atoms with van der Waals surface area (Å²) in [5, 5.41) is 8.91. The normalized spacial score (nSPS) is 12.6. The molecule has 0 aliphatic carbocycles. The fourth-order valence-electron chi connectivity index (χ4n) is 2.15. The molecule has 0 fully saturated rings. The van der Waals surface area contributed by atoms with E-state index in [1.807, 2.05) is 23.0 Å². The highest BCUT2D eigenvalue weighted by molar-refractivity contribution is 7.14. The molecule has 5 heteroatoms. The fraction of sp³-hybridized carbons (Fsp3) is 0.263. The second-order valence-electron chi connectivity index (χ2n) is 6.07. The van der Waals surface area contributed by atoms with Gasteiger partial charge in [-0.2, -0.15) is 5.10 Å². The van der Waals surface area contributed by atoms with Crippen LogP contribution in [0.4, 0.5) is 5.69 Å². The lowest BCUT2D eigenvalue weighted by Crippen LogP contribution is -2.11. The van der Waals surface area contributed by atoms with E-state index in [-0.39, 0.29) is 0 Å². The standard InChI is InChI=1S/C19H21N3S2/c1-14(2)10-11-20-22-17(18-5-4-12-23-18)13-24-19(22)21-16-8-6-15(3)7-9-16/h4-9,11-14H,10H2,1-3H3. The van der Waals surface area contributed by atoms with Crippen molar-refractivity contribution in [2.45, 2.75) is 27.2 Å². The van der Waals surface area contributed by atoms with Crippen LogP contribution in [0.15, 0.2) is 57.3 Å². The van der Waals surface area contributed by atoms with Gasteiger partial charge >= 0.3 is 0 Å². The molecule has 2 aromatic heterocycles. The lowest BCUT2D eigenvalue weighted by molar-refractivity contribution is 0.685. The van der Waals surface area contributed by atoms with Gasteiger partial charge in [0.05, 0.1) is 16.3 Å². The largest absolute Gasteiger partial charge is 0.220 e. The first-order valence-electron chi connectivity index (χ1n) is 8.02. The summed E-state index contributed by atoms with van der Waals surface area (Å²) >= 11 is 3.34. The fourth-order valence-corrected chi connectivity index (χ4v) is 3.80. The number of rotatable bonds is 5. The summed E-state index contributed by atoms with van der Waals surface area (Å²) in [7, 11) is 0. The molecule has 0 radical (unpaired) electrons. The van der Waals surface area contributed by atoms with Gasteiger partial charge in [-0.25, -0.2) is 9.67 Å². The molecule has 0 saturated heterocycles. The highest BCUT2D eigenvalue weighted by Gasteiger charge is 2.08. The van der Waals surface area contributed by atoms with E-state index in [2.05, 4.69) is 55.8 Å². The van der Waals surface area contributed by atoms with Crippen molar-refractivity contribution in [1.82, 2.24) is 4.68 Å². The van der Waals surface area contributed by atoms with E-state index < -0.39 is 0 Å². The van der Waals surface area contributed by atoms with E-state index in [0.717, 1.165) is 22.6 Å². The van der Waals surface area contributed by atoms with Crippen molar-refractivity contribution >= 4 is 34.6 Å². The predicted molar refractivity (Wildman–Crippen MR) is 105 cm³/mol. The summed E-state index contributed by atoms with van der Waals surface area (Å²) in [6.07, 6.45) is 2.94. The Morgan fingerprint density at radius 3 is 2.58 bits per heavy atom. The number of hydrogen-bond donors (Lipinski definition) is 0. The molecule has 0 spiro atoms. The molecule has 3 rings (SSSR count). The molecule has 0 amide bonds. The molecule has 0 bridgehead atoms. The second-order valence-corrected chi connectivity index (χ2v) is 7.85. The van der Waals surface area contributed by atoms with Crippen LogP contribution in [0.25, 0.3) is 10.6 Å². The molecular weight excluding hydrogens is 334 g/mol. The molecule has 0 atom stereocenters. The molecule has 3 aromatic rings. The molecule has 0 N–H and O–H groups in total. The zero-order chi connectivity index (χ0) is 16.9. The molecular formula is C19H21N3S2. The van der Waals surface area contributed by atoms with Crippen molar-refractivity contribution in [1.29, 1.82) is 0 Å². The van der Waals surface area contributed by atoms with Gasteiger partial charge in [0, 0.05) is 11.6 Å². The highest BCUT2D eigenvalue weighted by Crippen LogP contribution is 2.25. The second kappa shape index (κ2) is 7.73. The Hall–Kier alpha value is -1.98. The Bertz CT molecular complexity index is 866. The Balaban J connectivity index is 2.05. The lowest BCUT2D eigenvalue weighted by Gasteiger charge is -2.02. The van der Waals surface area contributed by atoms with Crippen LogP contribution >= 0.6 is 22.7 Å². The average Bonchev–Trinajstić information content (AvgIpc) is 3.19. The number of nitrogens with zero attached hydrogens (tertiary/aromatic N) is 3. The Morgan fingerprint density at radius 2 is 1.92 bits per heavy atom. The third-order valence-electron chi connectivity index (χ3n) is 3.49. The predicted octanol–water partition coefficient (Wildman–Crippen LogP) is 5.70. The molecule has 2 heterocycles. The summed E-state index contributed by atoms with van der Waals surface area (Å²) in [5.74, 6) is 0.593. The number of thiophene rings is 1. The van der Waals surface area contributed by atoms with Crippen LogP contribution in [-0.2, 0) is 0 Å². The Labute approximate surface area is 150 Å². The zero-order valence-corrected chi connectivity index (χ0v) is 15.8. The maximum absolute atomic E-state index is 4.78. The van der Waals surface area contributed by atoms with Crippen LogP contribution in [0, 0.1) is 12.8 Å². The molecule has 0 aliphatic heterocycles. The lowest BCUT2D eigenvalue weighted by atomic mass is 10.2. The van der Waals surface area contributed by atoms with Gasteiger partial charge in [-0.1, -0.05) is 37.6 Å². The van der Waals surface area contributed by atoms with Gasteiger partial charge in [0.15, 0.2) is 0 Å². The monoisotopic (exact) mass is 355 g/mol. The number of thiazole rings is 1. The first-order valence-corrected chi connectivity index (χ1v) is 9.78. The summed E-state index contributed by atoms with van der Waals surface area (Å²) in [4.78, 5) is 6.88. The van der Waals surface area contributed by atoms with Gasteiger partial charge in [-0.15, -0.1) is 22.7 Å². The molecule has 1 aromatic carbocycles. The van der Waals surface area contributed by atoms with Crippen molar-refractivity contribution in [3.63, 3.8) is 0 Å². The average molecular weight is 356 g/mol.